The van der Waals surface area contributed by atoms with Gasteiger partial charge in [0.25, 0.3) is 0 Å². The van der Waals surface area contributed by atoms with E-state index >= 15 is 0 Å². The van der Waals surface area contributed by atoms with Gasteiger partial charge in [0.2, 0.25) is 0 Å². The largest absolute Gasteiger partial charge is 0.362 e. The van der Waals surface area contributed by atoms with Crippen molar-refractivity contribution in [2.75, 3.05) is 6.54 Å². The highest BCUT2D eigenvalue weighted by molar-refractivity contribution is 5.29. The maximum atomic E-state index is 5.55. The Morgan fingerprint density at radius 2 is 2.19 bits per heavy atom. The van der Waals surface area contributed by atoms with Crippen molar-refractivity contribution in [3.8, 4) is 0 Å². The van der Waals surface area contributed by atoms with E-state index in [0.717, 1.165) is 18.5 Å². The molecule has 0 amide bonds. The minimum Gasteiger partial charge on any atom is -0.362 e. The molecule has 16 heavy (non-hydrogen) atoms. The lowest BCUT2D eigenvalue weighted by Gasteiger charge is -1.99. The number of nitrogens with two attached hydrogens (primary N) is 1. The van der Waals surface area contributed by atoms with Crippen LogP contribution < -0.4 is 5.73 Å². The van der Waals surface area contributed by atoms with Crippen molar-refractivity contribution in [2.24, 2.45) is 5.73 Å². The molecule has 2 heterocycles. The van der Waals surface area contributed by atoms with Crippen LogP contribution in [0.4, 0.5) is 0 Å². The number of aromatic amines is 2. The summed E-state index contributed by atoms with van der Waals surface area (Å²) < 4.78 is 0. The third-order valence-corrected chi connectivity index (χ3v) is 2.91. The van der Waals surface area contributed by atoms with Gasteiger partial charge in [-0.3, -0.25) is 5.10 Å². The second-order valence-electron chi connectivity index (χ2n) is 4.19. The van der Waals surface area contributed by atoms with Crippen molar-refractivity contribution in [1.82, 2.24) is 15.2 Å². The summed E-state index contributed by atoms with van der Waals surface area (Å²) in [5.41, 5.74) is 11.7. The van der Waals surface area contributed by atoms with E-state index in [1.54, 1.807) is 0 Å². The molecular weight excluding hydrogens is 200 g/mol. The van der Waals surface area contributed by atoms with E-state index in [0.29, 0.717) is 6.54 Å². The van der Waals surface area contributed by atoms with Gasteiger partial charge in [-0.1, -0.05) is 0 Å². The van der Waals surface area contributed by atoms with Crippen LogP contribution in [-0.2, 0) is 12.8 Å². The second-order valence-corrected chi connectivity index (χ2v) is 4.19. The Labute approximate surface area is 95.3 Å². The normalized spacial score (nSPS) is 10.9. The number of hydrogen-bond donors (Lipinski definition) is 3. The number of aryl methyl sites for hydroxylation is 2. The van der Waals surface area contributed by atoms with Crippen molar-refractivity contribution in [2.45, 2.75) is 26.7 Å². The van der Waals surface area contributed by atoms with Crippen LogP contribution in [-0.4, -0.2) is 21.7 Å². The zero-order valence-electron chi connectivity index (χ0n) is 9.80. The van der Waals surface area contributed by atoms with Gasteiger partial charge in [-0.15, -0.1) is 0 Å². The number of hydrogen-bond acceptors (Lipinski definition) is 2. The SMILES string of the molecule is Cc1cc(Cc2cn[nH]c2CCN)[nH]c1C. The van der Waals surface area contributed by atoms with Crippen LogP contribution in [0, 0.1) is 13.8 Å². The smallest absolute Gasteiger partial charge is 0.0526 e. The summed E-state index contributed by atoms with van der Waals surface area (Å²) in [5.74, 6) is 0. The molecule has 0 atom stereocenters. The first-order valence-electron chi connectivity index (χ1n) is 5.57. The molecule has 4 N–H and O–H groups in total. The second kappa shape index (κ2) is 4.53. The average molecular weight is 218 g/mol. The van der Waals surface area contributed by atoms with Crippen molar-refractivity contribution in [1.29, 1.82) is 0 Å². The predicted octanol–water partition coefficient (Wildman–Crippen LogP) is 1.45. The Morgan fingerprint density at radius 1 is 1.38 bits per heavy atom. The molecule has 2 aromatic rings. The number of H-pyrrole nitrogens is 2. The molecule has 0 aliphatic rings. The molecule has 0 saturated heterocycles. The van der Waals surface area contributed by atoms with Crippen LogP contribution >= 0.6 is 0 Å². The van der Waals surface area contributed by atoms with Crippen LogP contribution in [0.15, 0.2) is 12.3 Å². The fourth-order valence-corrected chi connectivity index (χ4v) is 1.90. The number of nitrogens with one attached hydrogen (secondary N) is 2. The zero-order chi connectivity index (χ0) is 11.5. The summed E-state index contributed by atoms with van der Waals surface area (Å²) in [6.07, 6.45) is 3.63. The van der Waals surface area contributed by atoms with Gasteiger partial charge in [0.1, 0.15) is 0 Å². The van der Waals surface area contributed by atoms with Gasteiger partial charge >= 0.3 is 0 Å². The van der Waals surface area contributed by atoms with Crippen LogP contribution in [0.1, 0.15) is 28.2 Å². The van der Waals surface area contributed by atoms with Crippen LogP contribution in [0.5, 0.6) is 0 Å². The van der Waals surface area contributed by atoms with Crippen molar-refractivity contribution in [3.05, 3.63) is 40.5 Å². The Morgan fingerprint density at radius 3 is 2.81 bits per heavy atom. The lowest BCUT2D eigenvalue weighted by molar-refractivity contribution is 0.887. The molecule has 0 aliphatic heterocycles. The first-order valence-corrected chi connectivity index (χ1v) is 5.57. The molecule has 0 saturated carbocycles. The monoisotopic (exact) mass is 218 g/mol. The maximum absolute atomic E-state index is 5.55. The highest BCUT2D eigenvalue weighted by atomic mass is 15.1. The molecule has 0 fully saturated rings. The van der Waals surface area contributed by atoms with Crippen LogP contribution in [0.3, 0.4) is 0 Å². The molecule has 0 radical (unpaired) electrons. The molecule has 4 heteroatoms. The quantitative estimate of drug-likeness (QED) is 0.726. The molecule has 0 bridgehead atoms. The van der Waals surface area contributed by atoms with E-state index in [2.05, 4.69) is 35.1 Å². The van der Waals surface area contributed by atoms with E-state index in [1.807, 2.05) is 6.20 Å². The standard InChI is InChI=1S/C12H18N4/c1-8-5-11(15-9(8)2)6-10-7-14-16-12(10)3-4-13/h5,7,15H,3-4,6,13H2,1-2H3,(H,14,16). The molecule has 0 aliphatic carbocycles. The fraction of sp³-hybridized carbons (Fsp3) is 0.417. The van der Waals surface area contributed by atoms with Gasteiger partial charge in [0.15, 0.2) is 0 Å². The summed E-state index contributed by atoms with van der Waals surface area (Å²) >= 11 is 0. The third-order valence-electron chi connectivity index (χ3n) is 2.91. The zero-order valence-corrected chi connectivity index (χ0v) is 9.80. The summed E-state index contributed by atoms with van der Waals surface area (Å²) in [6, 6.07) is 2.19. The van der Waals surface area contributed by atoms with E-state index in [1.165, 1.54) is 22.5 Å². The molecule has 2 aromatic heterocycles. The third kappa shape index (κ3) is 2.17. The number of aromatic nitrogens is 3. The summed E-state index contributed by atoms with van der Waals surface area (Å²) in [4.78, 5) is 3.38. The lowest BCUT2D eigenvalue weighted by atomic mass is 10.1. The summed E-state index contributed by atoms with van der Waals surface area (Å²) in [6.45, 7) is 4.86. The predicted molar refractivity (Wildman–Crippen MR) is 64.4 cm³/mol. The van der Waals surface area contributed by atoms with Crippen molar-refractivity contribution in [3.63, 3.8) is 0 Å². The Balaban J connectivity index is 2.16. The maximum Gasteiger partial charge on any atom is 0.0526 e. The van der Waals surface area contributed by atoms with Crippen LogP contribution in [0.25, 0.3) is 0 Å². The van der Waals surface area contributed by atoms with Crippen molar-refractivity contribution >= 4 is 0 Å². The molecular formula is C12H18N4. The highest BCUT2D eigenvalue weighted by Gasteiger charge is 2.07. The lowest BCUT2D eigenvalue weighted by Crippen LogP contribution is -2.05. The van der Waals surface area contributed by atoms with E-state index in [9.17, 15) is 0 Å². The van der Waals surface area contributed by atoms with E-state index in [4.69, 9.17) is 5.73 Å². The number of nitrogens with zero attached hydrogens (tertiary/aromatic N) is 1. The van der Waals surface area contributed by atoms with E-state index < -0.39 is 0 Å². The Bertz CT molecular complexity index is 448. The van der Waals surface area contributed by atoms with Gasteiger partial charge in [-0.05, 0) is 37.6 Å². The van der Waals surface area contributed by atoms with Gasteiger partial charge < -0.3 is 10.7 Å². The molecule has 0 spiro atoms. The average Bonchev–Trinajstić information content (AvgIpc) is 2.77. The van der Waals surface area contributed by atoms with Crippen LogP contribution in [0.2, 0.25) is 0 Å². The minimum atomic E-state index is 0.651. The Hall–Kier alpha value is -1.55. The molecule has 0 aromatic carbocycles. The Kier molecular flexibility index (Phi) is 3.10. The first-order chi connectivity index (χ1) is 7.70. The first kappa shape index (κ1) is 11.0. The molecule has 2 rings (SSSR count). The van der Waals surface area contributed by atoms with Gasteiger partial charge in [0.05, 0.1) is 6.20 Å². The van der Waals surface area contributed by atoms with Gasteiger partial charge in [0, 0.05) is 29.9 Å². The van der Waals surface area contributed by atoms with Gasteiger partial charge in [-0.25, -0.2) is 0 Å². The minimum absolute atomic E-state index is 0.651. The number of rotatable bonds is 4. The molecule has 0 unspecified atom stereocenters. The highest BCUT2D eigenvalue weighted by Crippen LogP contribution is 2.14. The fourth-order valence-electron chi connectivity index (χ4n) is 1.90. The molecule has 4 nitrogen and oxygen atoms in total. The van der Waals surface area contributed by atoms with Crippen molar-refractivity contribution < 1.29 is 0 Å². The summed E-state index contributed by atoms with van der Waals surface area (Å²) in [7, 11) is 0. The topological polar surface area (TPSA) is 70.5 Å². The van der Waals surface area contributed by atoms with E-state index in [-0.39, 0.29) is 0 Å². The summed E-state index contributed by atoms with van der Waals surface area (Å²) in [5, 5.41) is 7.08. The van der Waals surface area contributed by atoms with Gasteiger partial charge in [-0.2, -0.15) is 5.10 Å². The molecule has 86 valence electrons.